The number of methoxy groups -OCH3 is 2. The van der Waals surface area contributed by atoms with Gasteiger partial charge in [-0.1, -0.05) is 0 Å². The van der Waals surface area contributed by atoms with E-state index in [1.54, 1.807) is 14.2 Å². The molecule has 0 radical (unpaired) electrons. The molecule has 0 spiro atoms. The summed E-state index contributed by atoms with van der Waals surface area (Å²) in [5, 5.41) is 3.67. The van der Waals surface area contributed by atoms with Crippen LogP contribution in [0.25, 0.3) is 0 Å². The highest BCUT2D eigenvalue weighted by Gasteiger charge is 2.22. The van der Waals surface area contributed by atoms with Crippen LogP contribution < -0.4 is 14.8 Å². The molecule has 1 aromatic heterocycles. The van der Waals surface area contributed by atoms with Crippen LogP contribution in [0.3, 0.4) is 0 Å². The molecular formula is C19H27N3O2. The smallest absolute Gasteiger partial charge is 0.122 e. The van der Waals surface area contributed by atoms with Crippen LogP contribution in [-0.4, -0.2) is 42.8 Å². The van der Waals surface area contributed by atoms with Gasteiger partial charge in [0.15, 0.2) is 0 Å². The van der Waals surface area contributed by atoms with Gasteiger partial charge in [0.05, 0.1) is 14.2 Å². The molecule has 130 valence electrons. The van der Waals surface area contributed by atoms with E-state index in [0.29, 0.717) is 6.04 Å². The lowest BCUT2D eigenvalue weighted by Gasteiger charge is -2.18. The highest BCUT2D eigenvalue weighted by molar-refractivity contribution is 5.38. The number of likely N-dealkylation sites (tertiary alicyclic amines) is 1. The Labute approximate surface area is 144 Å². The molecule has 1 aromatic carbocycles. The van der Waals surface area contributed by atoms with E-state index in [-0.39, 0.29) is 0 Å². The Bertz CT molecular complexity index is 646. The Balaban J connectivity index is 1.53. The van der Waals surface area contributed by atoms with Crippen LogP contribution in [0.1, 0.15) is 17.7 Å². The standard InChI is InChI=1S/C19H27N3O2/c1-21-7-4-5-17(21)12-20-16-6-8-22(14-16)13-15-9-18(23-2)11-19(10-15)24-3/h4-5,7,9-11,16,20H,6,8,12-14H2,1-3H3. The van der Waals surface area contributed by atoms with E-state index in [9.17, 15) is 0 Å². The molecule has 0 aliphatic carbocycles. The average molecular weight is 329 g/mol. The minimum absolute atomic E-state index is 0.549. The molecule has 5 heteroatoms. The fraction of sp³-hybridized carbons (Fsp3) is 0.474. The van der Waals surface area contributed by atoms with Crippen molar-refractivity contribution in [3.63, 3.8) is 0 Å². The highest BCUT2D eigenvalue weighted by Crippen LogP contribution is 2.24. The first kappa shape index (κ1) is 16.9. The van der Waals surface area contributed by atoms with E-state index < -0.39 is 0 Å². The molecule has 1 aliphatic heterocycles. The second kappa shape index (κ2) is 7.73. The molecule has 1 atom stereocenters. The van der Waals surface area contributed by atoms with E-state index in [1.807, 2.05) is 6.07 Å². The average Bonchev–Trinajstić information content (AvgIpc) is 3.21. The van der Waals surface area contributed by atoms with E-state index >= 15 is 0 Å². The van der Waals surface area contributed by atoms with E-state index in [2.05, 4.69) is 52.3 Å². The van der Waals surface area contributed by atoms with Gasteiger partial charge in [-0.3, -0.25) is 4.90 Å². The number of aryl methyl sites for hydroxylation is 1. The number of hydrogen-bond donors (Lipinski definition) is 1. The number of rotatable bonds is 7. The molecule has 1 N–H and O–H groups in total. The molecule has 1 aliphatic rings. The van der Waals surface area contributed by atoms with Crippen LogP contribution in [-0.2, 0) is 20.1 Å². The maximum absolute atomic E-state index is 5.36. The molecule has 24 heavy (non-hydrogen) atoms. The maximum atomic E-state index is 5.36. The van der Waals surface area contributed by atoms with Gasteiger partial charge in [0, 0.05) is 57.2 Å². The second-order valence-corrected chi connectivity index (χ2v) is 6.43. The fourth-order valence-corrected chi connectivity index (χ4v) is 3.29. The van der Waals surface area contributed by atoms with Crippen molar-refractivity contribution in [1.82, 2.24) is 14.8 Å². The van der Waals surface area contributed by atoms with Crippen molar-refractivity contribution in [1.29, 1.82) is 0 Å². The van der Waals surface area contributed by atoms with E-state index in [1.165, 1.54) is 17.7 Å². The third kappa shape index (κ3) is 4.10. The van der Waals surface area contributed by atoms with E-state index in [4.69, 9.17) is 9.47 Å². The van der Waals surface area contributed by atoms with Crippen LogP contribution in [0.15, 0.2) is 36.5 Å². The summed E-state index contributed by atoms with van der Waals surface area (Å²) in [5.74, 6) is 1.70. The van der Waals surface area contributed by atoms with Gasteiger partial charge in [-0.15, -0.1) is 0 Å². The fourth-order valence-electron chi connectivity index (χ4n) is 3.29. The Morgan fingerprint density at radius 1 is 1.17 bits per heavy atom. The van der Waals surface area contributed by atoms with Crippen molar-refractivity contribution in [3.8, 4) is 11.5 Å². The van der Waals surface area contributed by atoms with Crippen molar-refractivity contribution >= 4 is 0 Å². The lowest BCUT2D eigenvalue weighted by Crippen LogP contribution is -2.32. The molecule has 2 heterocycles. The Morgan fingerprint density at radius 2 is 1.92 bits per heavy atom. The molecule has 5 nitrogen and oxygen atoms in total. The minimum Gasteiger partial charge on any atom is -0.497 e. The predicted molar refractivity (Wildman–Crippen MR) is 95.5 cm³/mol. The maximum Gasteiger partial charge on any atom is 0.122 e. The lowest BCUT2D eigenvalue weighted by atomic mass is 10.2. The molecule has 2 aromatic rings. The molecule has 1 saturated heterocycles. The quantitative estimate of drug-likeness (QED) is 0.847. The third-order valence-corrected chi connectivity index (χ3v) is 4.71. The Hall–Kier alpha value is -1.98. The summed E-state index contributed by atoms with van der Waals surface area (Å²) in [4.78, 5) is 2.48. The van der Waals surface area contributed by atoms with Gasteiger partial charge in [0.1, 0.15) is 11.5 Å². The first-order valence-electron chi connectivity index (χ1n) is 8.46. The second-order valence-electron chi connectivity index (χ2n) is 6.43. The summed E-state index contributed by atoms with van der Waals surface area (Å²) in [6.45, 7) is 4.04. The third-order valence-electron chi connectivity index (χ3n) is 4.71. The Kier molecular flexibility index (Phi) is 5.43. The molecule has 1 fully saturated rings. The molecule has 0 bridgehead atoms. The summed E-state index contributed by atoms with van der Waals surface area (Å²) < 4.78 is 12.9. The molecular weight excluding hydrogens is 302 g/mol. The molecule has 0 saturated carbocycles. The summed E-state index contributed by atoms with van der Waals surface area (Å²) in [6.07, 6.45) is 3.28. The number of benzene rings is 1. The SMILES string of the molecule is COc1cc(CN2CCC(NCc3cccn3C)C2)cc(OC)c1. The lowest BCUT2D eigenvalue weighted by molar-refractivity contribution is 0.317. The van der Waals surface area contributed by atoms with Crippen LogP contribution in [0.4, 0.5) is 0 Å². The van der Waals surface area contributed by atoms with Crippen LogP contribution in [0, 0.1) is 0 Å². The zero-order chi connectivity index (χ0) is 16.9. The van der Waals surface area contributed by atoms with Gasteiger partial charge in [-0.05, 0) is 36.2 Å². The molecule has 3 rings (SSSR count). The van der Waals surface area contributed by atoms with Gasteiger partial charge in [-0.2, -0.15) is 0 Å². The van der Waals surface area contributed by atoms with E-state index in [0.717, 1.165) is 37.7 Å². The van der Waals surface area contributed by atoms with Crippen LogP contribution >= 0.6 is 0 Å². The summed E-state index contributed by atoms with van der Waals surface area (Å²) in [5.41, 5.74) is 2.56. The first-order chi connectivity index (χ1) is 11.7. The van der Waals surface area contributed by atoms with Gasteiger partial charge in [0.2, 0.25) is 0 Å². The van der Waals surface area contributed by atoms with Gasteiger partial charge >= 0.3 is 0 Å². The largest absolute Gasteiger partial charge is 0.497 e. The van der Waals surface area contributed by atoms with Crippen LogP contribution in [0.5, 0.6) is 11.5 Å². The van der Waals surface area contributed by atoms with Crippen molar-refractivity contribution in [2.24, 2.45) is 7.05 Å². The van der Waals surface area contributed by atoms with Crippen molar-refractivity contribution < 1.29 is 9.47 Å². The number of nitrogens with one attached hydrogen (secondary N) is 1. The first-order valence-corrected chi connectivity index (χ1v) is 8.46. The highest BCUT2D eigenvalue weighted by atomic mass is 16.5. The predicted octanol–water partition coefficient (Wildman–Crippen LogP) is 2.41. The Morgan fingerprint density at radius 3 is 2.54 bits per heavy atom. The van der Waals surface area contributed by atoms with Crippen molar-refractivity contribution in [2.75, 3.05) is 27.3 Å². The number of nitrogens with zero attached hydrogens (tertiary/aromatic N) is 2. The number of ether oxygens (including phenoxy) is 2. The zero-order valence-electron chi connectivity index (χ0n) is 14.8. The van der Waals surface area contributed by atoms with Crippen molar-refractivity contribution in [2.45, 2.75) is 25.6 Å². The monoisotopic (exact) mass is 329 g/mol. The number of hydrogen-bond acceptors (Lipinski definition) is 4. The molecule has 0 amide bonds. The number of aromatic nitrogens is 1. The minimum atomic E-state index is 0.549. The van der Waals surface area contributed by atoms with Gasteiger partial charge in [-0.25, -0.2) is 0 Å². The summed E-state index contributed by atoms with van der Waals surface area (Å²) >= 11 is 0. The zero-order valence-corrected chi connectivity index (χ0v) is 14.8. The summed E-state index contributed by atoms with van der Waals surface area (Å²) in [6, 6.07) is 10.9. The van der Waals surface area contributed by atoms with Crippen LogP contribution in [0.2, 0.25) is 0 Å². The van der Waals surface area contributed by atoms with Gasteiger partial charge < -0.3 is 19.4 Å². The van der Waals surface area contributed by atoms with Gasteiger partial charge in [0.25, 0.3) is 0 Å². The summed E-state index contributed by atoms with van der Waals surface area (Å²) in [7, 11) is 5.48. The topological polar surface area (TPSA) is 38.7 Å². The molecule has 1 unspecified atom stereocenters. The normalized spacial score (nSPS) is 18.0. The van der Waals surface area contributed by atoms with Crippen molar-refractivity contribution in [3.05, 3.63) is 47.8 Å².